The van der Waals surface area contributed by atoms with Gasteiger partial charge in [0.25, 0.3) is 0 Å². The van der Waals surface area contributed by atoms with Gasteiger partial charge in [-0.1, -0.05) is 0 Å². The molecular formula is C11H21NO4. The molecule has 94 valence electrons. The summed E-state index contributed by atoms with van der Waals surface area (Å²) in [5.41, 5.74) is -0.174. The van der Waals surface area contributed by atoms with Gasteiger partial charge in [0, 0.05) is 33.1 Å². The molecule has 5 heteroatoms. The average Bonchev–Trinajstić information content (AvgIpc) is 2.72. The van der Waals surface area contributed by atoms with Gasteiger partial charge in [0.05, 0.1) is 6.61 Å². The Bertz CT molecular complexity index is 214. The molecule has 0 aromatic heterocycles. The van der Waals surface area contributed by atoms with Crippen molar-refractivity contribution in [2.75, 3.05) is 33.4 Å². The van der Waals surface area contributed by atoms with E-state index in [0.29, 0.717) is 6.61 Å². The maximum Gasteiger partial charge on any atom is 0.303 e. The number of rotatable bonds is 8. The van der Waals surface area contributed by atoms with Crippen molar-refractivity contribution < 1.29 is 19.4 Å². The van der Waals surface area contributed by atoms with E-state index in [0.717, 1.165) is 39.0 Å². The van der Waals surface area contributed by atoms with Crippen LogP contribution in [0.3, 0.4) is 0 Å². The highest BCUT2D eigenvalue weighted by Gasteiger charge is 2.34. The van der Waals surface area contributed by atoms with Crippen LogP contribution in [0.1, 0.15) is 25.7 Å². The number of carboxylic acid groups (broad SMARTS) is 1. The Balaban J connectivity index is 2.03. The topological polar surface area (TPSA) is 67.8 Å². The summed E-state index contributed by atoms with van der Waals surface area (Å²) in [6.45, 7) is 3.01. The molecule has 0 radical (unpaired) electrons. The van der Waals surface area contributed by atoms with E-state index in [4.69, 9.17) is 14.6 Å². The number of hydrogen-bond acceptors (Lipinski definition) is 4. The predicted molar refractivity (Wildman–Crippen MR) is 59.5 cm³/mol. The maximum atomic E-state index is 10.3. The number of carboxylic acids is 1. The predicted octanol–water partition coefficient (Wildman–Crippen LogP) is 0.636. The van der Waals surface area contributed by atoms with Crippen molar-refractivity contribution >= 4 is 5.97 Å². The first-order chi connectivity index (χ1) is 7.68. The van der Waals surface area contributed by atoms with Gasteiger partial charge >= 0.3 is 5.97 Å². The van der Waals surface area contributed by atoms with Crippen LogP contribution >= 0.6 is 0 Å². The highest BCUT2D eigenvalue weighted by Crippen LogP contribution is 2.21. The third kappa shape index (κ3) is 4.47. The lowest BCUT2D eigenvalue weighted by molar-refractivity contribution is -0.137. The largest absolute Gasteiger partial charge is 0.481 e. The third-order valence-electron chi connectivity index (χ3n) is 2.94. The maximum absolute atomic E-state index is 10.3. The monoisotopic (exact) mass is 231 g/mol. The van der Waals surface area contributed by atoms with Crippen LogP contribution < -0.4 is 5.32 Å². The smallest absolute Gasteiger partial charge is 0.303 e. The summed E-state index contributed by atoms with van der Waals surface area (Å²) in [7, 11) is 1.71. The molecular weight excluding hydrogens is 210 g/mol. The van der Waals surface area contributed by atoms with E-state index in [9.17, 15) is 4.79 Å². The van der Waals surface area contributed by atoms with Gasteiger partial charge in [-0.2, -0.15) is 0 Å². The molecule has 0 spiro atoms. The summed E-state index contributed by atoms with van der Waals surface area (Å²) in [6.07, 6.45) is 2.78. The SMILES string of the molecule is COC1(CNCCCCC(=O)O)CCOC1. The van der Waals surface area contributed by atoms with E-state index in [1.807, 2.05) is 0 Å². The van der Waals surface area contributed by atoms with E-state index in [1.165, 1.54) is 0 Å². The molecule has 2 N–H and O–H groups in total. The van der Waals surface area contributed by atoms with Gasteiger partial charge in [0.15, 0.2) is 0 Å². The van der Waals surface area contributed by atoms with Gasteiger partial charge in [0.1, 0.15) is 5.60 Å². The van der Waals surface area contributed by atoms with E-state index >= 15 is 0 Å². The molecule has 1 saturated heterocycles. The Morgan fingerprint density at radius 3 is 2.94 bits per heavy atom. The van der Waals surface area contributed by atoms with Crippen LogP contribution in [0.5, 0.6) is 0 Å². The Hall–Kier alpha value is -0.650. The molecule has 1 aliphatic rings. The zero-order chi connectivity index (χ0) is 11.9. The molecule has 0 aliphatic carbocycles. The van der Waals surface area contributed by atoms with E-state index in [-0.39, 0.29) is 12.0 Å². The third-order valence-corrected chi connectivity index (χ3v) is 2.94. The van der Waals surface area contributed by atoms with E-state index in [2.05, 4.69) is 5.32 Å². The van der Waals surface area contributed by atoms with Gasteiger partial charge in [-0.15, -0.1) is 0 Å². The van der Waals surface area contributed by atoms with Crippen molar-refractivity contribution in [3.63, 3.8) is 0 Å². The van der Waals surface area contributed by atoms with Crippen LogP contribution in [0.2, 0.25) is 0 Å². The van der Waals surface area contributed by atoms with Crippen LogP contribution in [0.25, 0.3) is 0 Å². The number of methoxy groups -OCH3 is 1. The van der Waals surface area contributed by atoms with Crippen molar-refractivity contribution in [1.29, 1.82) is 0 Å². The second kappa shape index (κ2) is 6.83. The van der Waals surface area contributed by atoms with E-state index < -0.39 is 5.97 Å². The molecule has 0 aromatic carbocycles. The fraction of sp³-hybridized carbons (Fsp3) is 0.909. The summed E-state index contributed by atoms with van der Waals surface area (Å²) in [5, 5.41) is 11.8. The minimum Gasteiger partial charge on any atom is -0.481 e. The van der Waals surface area contributed by atoms with Gasteiger partial charge in [0.2, 0.25) is 0 Å². The minimum atomic E-state index is -0.724. The molecule has 1 atom stereocenters. The van der Waals surface area contributed by atoms with Crippen molar-refractivity contribution in [2.24, 2.45) is 0 Å². The lowest BCUT2D eigenvalue weighted by atomic mass is 10.0. The first-order valence-electron chi connectivity index (χ1n) is 5.74. The summed E-state index contributed by atoms with van der Waals surface area (Å²) in [4.78, 5) is 10.3. The number of nitrogens with one attached hydrogen (secondary N) is 1. The van der Waals surface area contributed by atoms with Crippen molar-refractivity contribution in [2.45, 2.75) is 31.3 Å². The summed E-state index contributed by atoms with van der Waals surface area (Å²) >= 11 is 0. The van der Waals surface area contributed by atoms with Crippen LogP contribution in [0, 0.1) is 0 Å². The molecule has 0 amide bonds. The van der Waals surface area contributed by atoms with Crippen LogP contribution in [-0.2, 0) is 14.3 Å². The number of hydrogen-bond donors (Lipinski definition) is 2. The first kappa shape index (κ1) is 13.4. The van der Waals surface area contributed by atoms with Gasteiger partial charge in [-0.3, -0.25) is 4.79 Å². The second-order valence-corrected chi connectivity index (χ2v) is 4.22. The standard InChI is InChI=1S/C11H21NO4/c1-15-11(5-7-16-9-11)8-12-6-3-2-4-10(13)14/h12H,2-9H2,1H3,(H,13,14). The molecule has 0 aromatic rings. The minimum absolute atomic E-state index is 0.174. The zero-order valence-electron chi connectivity index (χ0n) is 9.83. The lowest BCUT2D eigenvalue weighted by Crippen LogP contribution is -2.43. The Morgan fingerprint density at radius 2 is 2.38 bits per heavy atom. The fourth-order valence-electron chi connectivity index (χ4n) is 1.80. The van der Waals surface area contributed by atoms with Crippen LogP contribution in [-0.4, -0.2) is 50.1 Å². The Morgan fingerprint density at radius 1 is 1.56 bits per heavy atom. The summed E-state index contributed by atoms with van der Waals surface area (Å²) < 4.78 is 10.8. The van der Waals surface area contributed by atoms with Gasteiger partial charge in [-0.05, 0) is 19.4 Å². The molecule has 1 aliphatic heterocycles. The van der Waals surface area contributed by atoms with Crippen molar-refractivity contribution in [3.05, 3.63) is 0 Å². The summed E-state index contributed by atoms with van der Waals surface area (Å²) in [5.74, 6) is -0.724. The van der Waals surface area contributed by atoms with E-state index in [1.54, 1.807) is 7.11 Å². The van der Waals surface area contributed by atoms with Crippen LogP contribution in [0.15, 0.2) is 0 Å². The molecule has 1 fully saturated rings. The molecule has 0 bridgehead atoms. The first-order valence-corrected chi connectivity index (χ1v) is 5.74. The highest BCUT2D eigenvalue weighted by atomic mass is 16.5. The lowest BCUT2D eigenvalue weighted by Gasteiger charge is -2.25. The summed E-state index contributed by atoms with van der Waals surface area (Å²) in [6, 6.07) is 0. The van der Waals surface area contributed by atoms with Crippen molar-refractivity contribution in [3.8, 4) is 0 Å². The van der Waals surface area contributed by atoms with Gasteiger partial charge in [-0.25, -0.2) is 0 Å². The number of ether oxygens (including phenoxy) is 2. The molecule has 1 heterocycles. The van der Waals surface area contributed by atoms with Crippen molar-refractivity contribution in [1.82, 2.24) is 5.32 Å². The molecule has 5 nitrogen and oxygen atoms in total. The normalized spacial score (nSPS) is 24.8. The Labute approximate surface area is 96.1 Å². The highest BCUT2D eigenvalue weighted by molar-refractivity contribution is 5.66. The van der Waals surface area contributed by atoms with Crippen LogP contribution in [0.4, 0.5) is 0 Å². The van der Waals surface area contributed by atoms with Gasteiger partial charge < -0.3 is 19.9 Å². The second-order valence-electron chi connectivity index (χ2n) is 4.22. The zero-order valence-corrected chi connectivity index (χ0v) is 9.83. The number of carbonyl (C=O) groups is 1. The Kier molecular flexibility index (Phi) is 5.73. The fourth-order valence-corrected chi connectivity index (χ4v) is 1.80. The molecule has 0 saturated carbocycles. The molecule has 1 rings (SSSR count). The average molecular weight is 231 g/mol. The molecule has 1 unspecified atom stereocenters. The quantitative estimate of drug-likeness (QED) is 0.600. The number of aliphatic carboxylic acids is 1. The molecule has 16 heavy (non-hydrogen) atoms. The number of unbranched alkanes of at least 4 members (excludes halogenated alkanes) is 1.